The van der Waals surface area contributed by atoms with Gasteiger partial charge in [-0.25, -0.2) is 0 Å². The average molecular weight is 210 g/mol. The molecule has 2 heterocycles. The minimum absolute atomic E-state index is 0.650. The van der Waals surface area contributed by atoms with Crippen molar-refractivity contribution in [2.45, 2.75) is 26.4 Å². The van der Waals surface area contributed by atoms with Crippen molar-refractivity contribution < 1.29 is 0 Å². The first-order valence-corrected chi connectivity index (χ1v) is 5.44. The van der Waals surface area contributed by atoms with Gasteiger partial charge in [-0.05, 0) is 13.8 Å². The van der Waals surface area contributed by atoms with Crippen LogP contribution in [0.4, 0.5) is 0 Å². The summed E-state index contributed by atoms with van der Waals surface area (Å²) in [6.07, 6.45) is 0. The number of nitrogens with zero attached hydrogens (tertiary/aromatic N) is 5. The fourth-order valence-electron chi connectivity index (χ4n) is 1.89. The van der Waals surface area contributed by atoms with E-state index < -0.39 is 0 Å². The van der Waals surface area contributed by atoms with Gasteiger partial charge in [-0.15, -0.1) is 10.2 Å². The summed E-state index contributed by atoms with van der Waals surface area (Å²) in [5, 5.41) is 14.0. The second-order valence-corrected chi connectivity index (χ2v) is 4.23. The van der Waals surface area contributed by atoms with Gasteiger partial charge in [-0.3, -0.25) is 9.80 Å². The monoisotopic (exact) mass is 210 g/mol. The number of H-pyrrole nitrogens is 1. The zero-order chi connectivity index (χ0) is 10.7. The van der Waals surface area contributed by atoms with Crippen molar-refractivity contribution in [2.24, 2.45) is 0 Å². The second-order valence-electron chi connectivity index (χ2n) is 4.23. The van der Waals surface area contributed by atoms with Crippen LogP contribution in [0.25, 0.3) is 0 Å². The highest BCUT2D eigenvalue weighted by molar-refractivity contribution is 4.80. The number of aromatic amines is 1. The molecule has 0 radical (unpaired) electrons. The van der Waals surface area contributed by atoms with Crippen LogP contribution >= 0.6 is 0 Å². The molecule has 1 aromatic rings. The average Bonchev–Trinajstić information content (AvgIpc) is 2.71. The first-order valence-electron chi connectivity index (χ1n) is 5.44. The molecule has 84 valence electrons. The van der Waals surface area contributed by atoms with E-state index in [2.05, 4.69) is 44.3 Å². The fraction of sp³-hybridized carbons (Fsp3) is 0.889. The molecule has 0 unspecified atom stereocenters. The van der Waals surface area contributed by atoms with Crippen molar-refractivity contribution in [3.8, 4) is 0 Å². The van der Waals surface area contributed by atoms with Crippen molar-refractivity contribution in [3.63, 3.8) is 0 Å². The van der Waals surface area contributed by atoms with Gasteiger partial charge in [-0.1, -0.05) is 5.21 Å². The summed E-state index contributed by atoms with van der Waals surface area (Å²) in [4.78, 5) is 4.86. The number of rotatable bonds is 3. The van der Waals surface area contributed by atoms with Crippen molar-refractivity contribution in [2.75, 3.05) is 26.2 Å². The van der Waals surface area contributed by atoms with E-state index in [0.717, 1.165) is 38.5 Å². The summed E-state index contributed by atoms with van der Waals surface area (Å²) < 4.78 is 0. The molecule has 15 heavy (non-hydrogen) atoms. The third-order valence-corrected chi connectivity index (χ3v) is 2.89. The number of tetrazole rings is 1. The van der Waals surface area contributed by atoms with Crippen LogP contribution in [0.1, 0.15) is 19.7 Å². The Hall–Kier alpha value is -1.01. The molecule has 1 aromatic heterocycles. The van der Waals surface area contributed by atoms with Crippen LogP contribution in [-0.2, 0) is 6.54 Å². The van der Waals surface area contributed by atoms with Crippen LogP contribution in [0.2, 0.25) is 0 Å². The molecule has 2 rings (SSSR count). The molecule has 0 spiro atoms. The van der Waals surface area contributed by atoms with E-state index in [4.69, 9.17) is 0 Å². The number of aromatic nitrogens is 4. The van der Waals surface area contributed by atoms with Crippen molar-refractivity contribution in [1.82, 2.24) is 30.4 Å². The van der Waals surface area contributed by atoms with Crippen molar-refractivity contribution in [3.05, 3.63) is 5.82 Å². The number of nitrogens with one attached hydrogen (secondary N) is 1. The van der Waals surface area contributed by atoms with E-state index >= 15 is 0 Å². The predicted octanol–water partition coefficient (Wildman–Crippen LogP) is -0.274. The Bertz CT molecular complexity index is 275. The molecule has 0 atom stereocenters. The second kappa shape index (κ2) is 4.67. The molecule has 0 aromatic carbocycles. The van der Waals surface area contributed by atoms with E-state index in [1.54, 1.807) is 0 Å². The molecule has 0 bridgehead atoms. The smallest absolute Gasteiger partial charge is 0.188 e. The van der Waals surface area contributed by atoms with Crippen LogP contribution in [0.15, 0.2) is 0 Å². The number of hydrogen-bond donors (Lipinski definition) is 1. The zero-order valence-corrected chi connectivity index (χ0v) is 9.35. The number of piperazine rings is 1. The largest absolute Gasteiger partial charge is 0.298 e. The molecule has 1 N–H and O–H groups in total. The molecule has 0 amide bonds. The molecule has 1 fully saturated rings. The van der Waals surface area contributed by atoms with Gasteiger partial charge in [0.15, 0.2) is 5.82 Å². The first kappa shape index (κ1) is 10.5. The maximum atomic E-state index is 3.96. The van der Waals surface area contributed by atoms with Crippen LogP contribution < -0.4 is 0 Å². The maximum absolute atomic E-state index is 3.96. The summed E-state index contributed by atoms with van der Waals surface area (Å²) in [6, 6.07) is 0.650. The minimum atomic E-state index is 0.650. The highest BCUT2D eigenvalue weighted by atomic mass is 15.5. The van der Waals surface area contributed by atoms with Crippen LogP contribution in [0.5, 0.6) is 0 Å². The highest BCUT2D eigenvalue weighted by Crippen LogP contribution is 2.07. The van der Waals surface area contributed by atoms with Crippen LogP contribution in [0.3, 0.4) is 0 Å². The number of hydrogen-bond acceptors (Lipinski definition) is 5. The molecular formula is C9H18N6. The Morgan fingerprint density at radius 3 is 2.53 bits per heavy atom. The summed E-state index contributed by atoms with van der Waals surface area (Å²) >= 11 is 0. The molecular weight excluding hydrogens is 192 g/mol. The van der Waals surface area contributed by atoms with E-state index in [-0.39, 0.29) is 0 Å². The molecule has 1 saturated heterocycles. The van der Waals surface area contributed by atoms with Gasteiger partial charge in [-0.2, -0.15) is 5.21 Å². The first-order chi connectivity index (χ1) is 7.25. The summed E-state index contributed by atoms with van der Waals surface area (Å²) in [5.41, 5.74) is 0. The lowest BCUT2D eigenvalue weighted by Gasteiger charge is -2.36. The van der Waals surface area contributed by atoms with Gasteiger partial charge in [0.25, 0.3) is 0 Å². The van der Waals surface area contributed by atoms with Gasteiger partial charge >= 0.3 is 0 Å². The van der Waals surface area contributed by atoms with Crippen molar-refractivity contribution >= 4 is 0 Å². The summed E-state index contributed by atoms with van der Waals surface area (Å²) in [7, 11) is 0. The summed E-state index contributed by atoms with van der Waals surface area (Å²) in [5.74, 6) is 0.785. The molecule has 6 nitrogen and oxygen atoms in total. The van der Waals surface area contributed by atoms with Gasteiger partial charge in [0, 0.05) is 32.2 Å². The SMILES string of the molecule is CC(C)N1CCN(Cc2nn[nH]n2)CC1. The minimum Gasteiger partial charge on any atom is -0.298 e. The molecule has 0 aliphatic carbocycles. The van der Waals surface area contributed by atoms with E-state index in [9.17, 15) is 0 Å². The summed E-state index contributed by atoms with van der Waals surface area (Å²) in [6.45, 7) is 9.75. The fourth-order valence-corrected chi connectivity index (χ4v) is 1.89. The third kappa shape index (κ3) is 2.73. The molecule has 6 heteroatoms. The molecule has 1 aliphatic rings. The van der Waals surface area contributed by atoms with E-state index in [0.29, 0.717) is 6.04 Å². The van der Waals surface area contributed by atoms with Gasteiger partial charge < -0.3 is 0 Å². The van der Waals surface area contributed by atoms with Crippen molar-refractivity contribution in [1.29, 1.82) is 0 Å². The Morgan fingerprint density at radius 2 is 2.00 bits per heavy atom. The molecule has 0 saturated carbocycles. The Labute approximate surface area is 89.6 Å². The Kier molecular flexibility index (Phi) is 3.27. The normalized spacial score (nSPS) is 19.9. The predicted molar refractivity (Wildman–Crippen MR) is 56.2 cm³/mol. The van der Waals surface area contributed by atoms with Gasteiger partial charge in [0.2, 0.25) is 0 Å². The van der Waals surface area contributed by atoms with E-state index in [1.807, 2.05) is 0 Å². The quantitative estimate of drug-likeness (QED) is 0.744. The standard InChI is InChI=1S/C9H18N6/c1-8(2)15-5-3-14(4-6-15)7-9-10-12-13-11-9/h8H,3-7H2,1-2H3,(H,10,11,12,13). The van der Waals surface area contributed by atoms with Gasteiger partial charge in [0.1, 0.15) is 0 Å². The zero-order valence-electron chi connectivity index (χ0n) is 9.35. The van der Waals surface area contributed by atoms with Crippen LogP contribution in [0, 0.1) is 0 Å². The third-order valence-electron chi connectivity index (χ3n) is 2.89. The van der Waals surface area contributed by atoms with Gasteiger partial charge in [0.05, 0.1) is 6.54 Å². The lowest BCUT2D eigenvalue weighted by molar-refractivity contribution is 0.102. The maximum Gasteiger partial charge on any atom is 0.188 e. The topological polar surface area (TPSA) is 60.9 Å². The Balaban J connectivity index is 1.79. The lowest BCUT2D eigenvalue weighted by Crippen LogP contribution is -2.48. The highest BCUT2D eigenvalue weighted by Gasteiger charge is 2.19. The Morgan fingerprint density at radius 1 is 1.27 bits per heavy atom. The van der Waals surface area contributed by atoms with E-state index in [1.165, 1.54) is 0 Å². The lowest BCUT2D eigenvalue weighted by atomic mass is 10.2. The molecule has 1 aliphatic heterocycles. The van der Waals surface area contributed by atoms with Crippen LogP contribution in [-0.4, -0.2) is 62.6 Å².